The number of nitriles is 1. The number of aryl methyl sites for hydroxylation is 2. The molecule has 1 aromatic heterocycles. The molecule has 0 bridgehead atoms. The summed E-state index contributed by atoms with van der Waals surface area (Å²) in [7, 11) is 1.59. The summed E-state index contributed by atoms with van der Waals surface area (Å²) in [5.41, 5.74) is 4.41. The third kappa shape index (κ3) is 5.42. The van der Waals surface area contributed by atoms with Crippen LogP contribution in [0.15, 0.2) is 24.3 Å². The van der Waals surface area contributed by atoms with Crippen LogP contribution in [0.2, 0.25) is 0 Å². The molecule has 2 rings (SSSR count). The van der Waals surface area contributed by atoms with E-state index >= 15 is 0 Å². The zero-order chi connectivity index (χ0) is 19.8. The Morgan fingerprint density at radius 1 is 1.30 bits per heavy atom. The summed E-state index contributed by atoms with van der Waals surface area (Å²) in [5.74, 6) is -0.202. The molecule has 7 nitrogen and oxygen atoms in total. The van der Waals surface area contributed by atoms with E-state index in [2.05, 4.69) is 21.8 Å². The first-order chi connectivity index (χ1) is 13.0. The number of amides is 2. The molecule has 0 unspecified atom stereocenters. The van der Waals surface area contributed by atoms with Gasteiger partial charge in [-0.2, -0.15) is 10.4 Å². The van der Waals surface area contributed by atoms with E-state index in [-0.39, 0.29) is 11.8 Å². The molecular weight excluding hydrogens is 342 g/mol. The van der Waals surface area contributed by atoms with Gasteiger partial charge < -0.3 is 10.6 Å². The van der Waals surface area contributed by atoms with Gasteiger partial charge in [-0.3, -0.25) is 14.3 Å². The van der Waals surface area contributed by atoms with Crippen LogP contribution in [0, 0.1) is 25.2 Å². The molecule has 7 heteroatoms. The molecule has 142 valence electrons. The van der Waals surface area contributed by atoms with Crippen molar-refractivity contribution in [2.75, 3.05) is 7.05 Å². The quantitative estimate of drug-likeness (QED) is 0.745. The number of hydrogen-bond acceptors (Lipinski definition) is 4. The Balaban J connectivity index is 1.89. The maximum atomic E-state index is 12.2. The van der Waals surface area contributed by atoms with Crippen molar-refractivity contribution >= 4 is 11.8 Å². The summed E-state index contributed by atoms with van der Waals surface area (Å²) in [5, 5.41) is 18.6. The van der Waals surface area contributed by atoms with Gasteiger partial charge in [0.15, 0.2) is 0 Å². The fraction of sp³-hybridized carbons (Fsp3) is 0.400. The Kier molecular flexibility index (Phi) is 7.12. The predicted molar refractivity (Wildman–Crippen MR) is 102 cm³/mol. The van der Waals surface area contributed by atoms with E-state index in [1.165, 1.54) is 0 Å². The van der Waals surface area contributed by atoms with Crippen LogP contribution in [-0.2, 0) is 24.3 Å². The van der Waals surface area contributed by atoms with Crippen molar-refractivity contribution in [3.8, 4) is 6.07 Å². The van der Waals surface area contributed by atoms with Gasteiger partial charge in [0.05, 0.1) is 24.7 Å². The summed E-state index contributed by atoms with van der Waals surface area (Å²) in [6.45, 7) is 4.84. The Hall–Kier alpha value is -3.14. The van der Waals surface area contributed by atoms with Gasteiger partial charge in [-0.1, -0.05) is 12.1 Å². The number of aromatic nitrogens is 2. The van der Waals surface area contributed by atoms with E-state index in [0.29, 0.717) is 37.9 Å². The highest BCUT2D eigenvalue weighted by Crippen LogP contribution is 2.15. The third-order valence-electron chi connectivity index (χ3n) is 4.47. The summed E-state index contributed by atoms with van der Waals surface area (Å²) in [6.07, 6.45) is 1.38. The molecule has 0 spiro atoms. The lowest BCUT2D eigenvalue weighted by Gasteiger charge is -2.08. The topological polar surface area (TPSA) is 99.8 Å². The van der Waals surface area contributed by atoms with Crippen LogP contribution >= 0.6 is 0 Å². The monoisotopic (exact) mass is 367 g/mol. The third-order valence-corrected chi connectivity index (χ3v) is 4.47. The van der Waals surface area contributed by atoms with Gasteiger partial charge in [0.25, 0.3) is 5.91 Å². The zero-order valence-electron chi connectivity index (χ0n) is 16.0. The summed E-state index contributed by atoms with van der Waals surface area (Å²) in [4.78, 5) is 23.9. The molecular formula is C20H25N5O2. The highest BCUT2D eigenvalue weighted by molar-refractivity contribution is 5.94. The Morgan fingerprint density at radius 3 is 2.78 bits per heavy atom. The predicted octanol–water partition coefficient (Wildman–Crippen LogP) is 2.02. The first kappa shape index (κ1) is 20.2. The zero-order valence-corrected chi connectivity index (χ0v) is 16.0. The van der Waals surface area contributed by atoms with Crippen LogP contribution in [0.4, 0.5) is 0 Å². The smallest absolute Gasteiger partial charge is 0.251 e. The van der Waals surface area contributed by atoms with Gasteiger partial charge in [-0.25, -0.2) is 0 Å². The van der Waals surface area contributed by atoms with E-state index < -0.39 is 0 Å². The number of nitrogens with one attached hydrogen (secondary N) is 2. The molecule has 0 radical (unpaired) electrons. The second-order valence-electron chi connectivity index (χ2n) is 6.34. The molecule has 2 aromatic rings. The maximum Gasteiger partial charge on any atom is 0.251 e. The Bertz CT molecular complexity index is 864. The van der Waals surface area contributed by atoms with E-state index in [9.17, 15) is 9.59 Å². The lowest BCUT2D eigenvalue weighted by molar-refractivity contribution is -0.121. The molecule has 27 heavy (non-hydrogen) atoms. The number of benzene rings is 1. The van der Waals surface area contributed by atoms with Crippen molar-refractivity contribution in [3.05, 3.63) is 52.3 Å². The molecule has 1 aromatic carbocycles. The van der Waals surface area contributed by atoms with Gasteiger partial charge in [-0.15, -0.1) is 0 Å². The van der Waals surface area contributed by atoms with Crippen LogP contribution < -0.4 is 10.6 Å². The number of hydrogen-bond donors (Lipinski definition) is 2. The minimum atomic E-state index is -0.150. The average molecular weight is 367 g/mol. The normalized spacial score (nSPS) is 10.3. The van der Waals surface area contributed by atoms with Crippen molar-refractivity contribution in [2.45, 2.75) is 46.2 Å². The summed E-state index contributed by atoms with van der Waals surface area (Å²) < 4.78 is 1.83. The fourth-order valence-electron chi connectivity index (χ4n) is 2.96. The minimum absolute atomic E-state index is 0.0519. The lowest BCUT2D eigenvalue weighted by atomic mass is 10.1. The van der Waals surface area contributed by atoms with Crippen LogP contribution in [0.25, 0.3) is 0 Å². The van der Waals surface area contributed by atoms with Crippen molar-refractivity contribution in [3.63, 3.8) is 0 Å². The summed E-state index contributed by atoms with van der Waals surface area (Å²) >= 11 is 0. The molecule has 1 heterocycles. The maximum absolute atomic E-state index is 12.2. The SMILES string of the molecule is CNC(=O)c1cccc(CNC(=O)CCc2c(C)nn(CCC#N)c2C)c1. The van der Waals surface area contributed by atoms with Gasteiger partial charge in [0.2, 0.25) is 5.91 Å². The van der Waals surface area contributed by atoms with Crippen molar-refractivity contribution in [2.24, 2.45) is 0 Å². The van der Waals surface area contributed by atoms with E-state index in [1.54, 1.807) is 25.2 Å². The van der Waals surface area contributed by atoms with Crippen LogP contribution in [-0.4, -0.2) is 28.6 Å². The molecule has 0 saturated heterocycles. The average Bonchev–Trinajstić information content (AvgIpc) is 2.95. The van der Waals surface area contributed by atoms with Crippen LogP contribution in [0.5, 0.6) is 0 Å². The fourth-order valence-corrected chi connectivity index (χ4v) is 2.96. The number of carbonyl (C=O) groups is 2. The second kappa shape index (κ2) is 9.53. The van der Waals surface area contributed by atoms with Crippen molar-refractivity contribution in [1.29, 1.82) is 5.26 Å². The standard InChI is InChI=1S/C20H25N5O2/c1-14-18(15(2)25(24-14)11-5-10-21)8-9-19(26)23-13-16-6-4-7-17(12-16)20(27)22-3/h4,6-7,12H,5,8-9,11,13H2,1-3H3,(H,22,27)(H,23,26). The van der Waals surface area contributed by atoms with Crippen LogP contribution in [0.3, 0.4) is 0 Å². The molecule has 0 aliphatic carbocycles. The molecule has 0 fully saturated rings. The lowest BCUT2D eigenvalue weighted by Crippen LogP contribution is -2.23. The molecule has 2 amide bonds. The molecule has 0 atom stereocenters. The number of rotatable bonds is 8. The molecule has 0 aliphatic heterocycles. The first-order valence-electron chi connectivity index (χ1n) is 8.93. The Morgan fingerprint density at radius 2 is 2.07 bits per heavy atom. The van der Waals surface area contributed by atoms with E-state index in [1.807, 2.05) is 24.6 Å². The largest absolute Gasteiger partial charge is 0.355 e. The highest BCUT2D eigenvalue weighted by Gasteiger charge is 2.13. The van der Waals surface area contributed by atoms with Crippen LogP contribution in [0.1, 0.15) is 45.7 Å². The van der Waals surface area contributed by atoms with E-state index in [0.717, 1.165) is 22.5 Å². The molecule has 2 N–H and O–H groups in total. The van der Waals surface area contributed by atoms with Crippen molar-refractivity contribution in [1.82, 2.24) is 20.4 Å². The molecule has 0 saturated carbocycles. The highest BCUT2D eigenvalue weighted by atomic mass is 16.2. The molecule has 0 aliphatic rings. The van der Waals surface area contributed by atoms with Gasteiger partial charge >= 0.3 is 0 Å². The van der Waals surface area contributed by atoms with Gasteiger partial charge in [0.1, 0.15) is 0 Å². The van der Waals surface area contributed by atoms with Crippen molar-refractivity contribution < 1.29 is 9.59 Å². The number of carbonyl (C=O) groups excluding carboxylic acids is 2. The van der Waals surface area contributed by atoms with E-state index in [4.69, 9.17) is 5.26 Å². The second-order valence-corrected chi connectivity index (χ2v) is 6.34. The van der Waals surface area contributed by atoms with Gasteiger partial charge in [-0.05, 0) is 43.5 Å². The number of nitrogens with zero attached hydrogens (tertiary/aromatic N) is 3. The first-order valence-corrected chi connectivity index (χ1v) is 8.93. The van der Waals surface area contributed by atoms with Gasteiger partial charge in [0, 0.05) is 31.3 Å². The summed E-state index contributed by atoms with van der Waals surface area (Å²) in [6, 6.07) is 9.30. The Labute approximate surface area is 159 Å². The minimum Gasteiger partial charge on any atom is -0.355 e.